The molecule has 2 aromatic carbocycles. The van der Waals surface area contributed by atoms with Crippen LogP contribution in [0.5, 0.6) is 17.2 Å². The minimum Gasteiger partial charge on any atom is -0.497 e. The van der Waals surface area contributed by atoms with E-state index >= 15 is 0 Å². The molecular weight excluding hydrogens is 283 g/mol. The van der Waals surface area contributed by atoms with Gasteiger partial charge in [-0.2, -0.15) is 13.2 Å². The van der Waals surface area contributed by atoms with Crippen LogP contribution in [0.4, 0.5) is 13.2 Å². The number of methoxy groups -OCH3 is 1. The van der Waals surface area contributed by atoms with E-state index in [1.807, 2.05) is 0 Å². The van der Waals surface area contributed by atoms with Gasteiger partial charge in [-0.05, 0) is 29.8 Å². The fourth-order valence-electron chi connectivity index (χ4n) is 1.81. The summed E-state index contributed by atoms with van der Waals surface area (Å²) in [6, 6.07) is 10.1. The maximum absolute atomic E-state index is 13.1. The number of nitrogens with two attached hydrogens (primary N) is 1. The van der Waals surface area contributed by atoms with Gasteiger partial charge in [-0.25, -0.2) is 0 Å². The van der Waals surface area contributed by atoms with Crippen molar-refractivity contribution in [1.29, 1.82) is 0 Å². The van der Waals surface area contributed by atoms with Crippen molar-refractivity contribution in [3.8, 4) is 17.2 Å². The number of alkyl halides is 3. The van der Waals surface area contributed by atoms with Gasteiger partial charge in [-0.3, -0.25) is 0 Å². The van der Waals surface area contributed by atoms with E-state index in [0.29, 0.717) is 11.3 Å². The van der Waals surface area contributed by atoms with Crippen LogP contribution < -0.4 is 15.2 Å². The van der Waals surface area contributed by atoms with Crippen LogP contribution in [0.25, 0.3) is 0 Å². The average Bonchev–Trinajstić information content (AvgIpc) is 2.46. The molecule has 0 unspecified atom stereocenters. The zero-order chi connectivity index (χ0) is 15.5. The standard InChI is InChI=1S/C15H14F3NO2/c1-20-11-3-2-4-12(8-11)21-14-6-5-10(9-19)7-13(14)15(16,17)18/h2-8H,9,19H2,1H3. The summed E-state index contributed by atoms with van der Waals surface area (Å²) in [5, 5.41) is 0. The Hall–Kier alpha value is -2.21. The van der Waals surface area contributed by atoms with E-state index in [1.165, 1.54) is 25.3 Å². The molecule has 0 aromatic heterocycles. The minimum absolute atomic E-state index is 0.0303. The summed E-state index contributed by atoms with van der Waals surface area (Å²) in [4.78, 5) is 0. The summed E-state index contributed by atoms with van der Waals surface area (Å²) in [5.74, 6) is 0.493. The molecular formula is C15H14F3NO2. The molecule has 6 heteroatoms. The lowest BCUT2D eigenvalue weighted by molar-refractivity contribution is -0.138. The third-order valence-electron chi connectivity index (χ3n) is 2.85. The zero-order valence-electron chi connectivity index (χ0n) is 11.3. The third kappa shape index (κ3) is 3.66. The van der Waals surface area contributed by atoms with Gasteiger partial charge in [0, 0.05) is 12.6 Å². The van der Waals surface area contributed by atoms with Crippen LogP contribution in [0, 0.1) is 0 Å². The predicted octanol–water partition coefficient (Wildman–Crippen LogP) is 3.97. The van der Waals surface area contributed by atoms with Gasteiger partial charge in [0.2, 0.25) is 0 Å². The largest absolute Gasteiger partial charge is 0.497 e. The molecule has 112 valence electrons. The second-order valence-corrected chi connectivity index (χ2v) is 4.31. The molecule has 3 nitrogen and oxygen atoms in total. The van der Waals surface area contributed by atoms with Crippen LogP contribution in [0.1, 0.15) is 11.1 Å². The van der Waals surface area contributed by atoms with Crippen LogP contribution in [-0.2, 0) is 12.7 Å². The van der Waals surface area contributed by atoms with E-state index in [4.69, 9.17) is 15.2 Å². The van der Waals surface area contributed by atoms with Crippen LogP contribution in [0.2, 0.25) is 0 Å². The molecule has 2 N–H and O–H groups in total. The van der Waals surface area contributed by atoms with E-state index < -0.39 is 11.7 Å². The van der Waals surface area contributed by atoms with Gasteiger partial charge >= 0.3 is 6.18 Å². The summed E-state index contributed by atoms with van der Waals surface area (Å²) >= 11 is 0. The molecule has 0 aliphatic heterocycles. The topological polar surface area (TPSA) is 44.5 Å². The Morgan fingerprint density at radius 2 is 1.76 bits per heavy atom. The summed E-state index contributed by atoms with van der Waals surface area (Å²) in [5.41, 5.74) is 4.91. The second-order valence-electron chi connectivity index (χ2n) is 4.31. The summed E-state index contributed by atoms with van der Waals surface area (Å²) in [7, 11) is 1.47. The Kier molecular flexibility index (Phi) is 4.37. The quantitative estimate of drug-likeness (QED) is 0.929. The zero-order valence-corrected chi connectivity index (χ0v) is 11.3. The molecule has 2 rings (SSSR count). The Bertz CT molecular complexity index is 627. The van der Waals surface area contributed by atoms with Crippen molar-refractivity contribution in [2.24, 2.45) is 5.73 Å². The van der Waals surface area contributed by atoms with Gasteiger partial charge in [0.15, 0.2) is 0 Å². The number of ether oxygens (including phenoxy) is 2. The first kappa shape index (κ1) is 15.2. The van der Waals surface area contributed by atoms with Gasteiger partial charge in [-0.1, -0.05) is 12.1 Å². The number of hydrogen-bond donors (Lipinski definition) is 1. The molecule has 2 aromatic rings. The lowest BCUT2D eigenvalue weighted by Gasteiger charge is -2.15. The molecule has 0 saturated heterocycles. The molecule has 0 saturated carbocycles. The third-order valence-corrected chi connectivity index (χ3v) is 2.85. The summed E-state index contributed by atoms with van der Waals surface area (Å²) in [6.45, 7) is 0.0303. The molecule has 0 aliphatic carbocycles. The molecule has 0 spiro atoms. The summed E-state index contributed by atoms with van der Waals surface area (Å²) < 4.78 is 49.5. The van der Waals surface area contributed by atoms with Crippen LogP contribution in [0.15, 0.2) is 42.5 Å². The fraction of sp³-hybridized carbons (Fsp3) is 0.200. The number of hydrogen-bond acceptors (Lipinski definition) is 3. The van der Waals surface area contributed by atoms with Gasteiger partial charge in [0.1, 0.15) is 17.2 Å². The maximum atomic E-state index is 13.1. The molecule has 0 fully saturated rings. The van der Waals surface area contributed by atoms with Gasteiger partial charge in [0.25, 0.3) is 0 Å². The van der Waals surface area contributed by atoms with Crippen molar-refractivity contribution in [2.45, 2.75) is 12.7 Å². The molecule has 0 heterocycles. The van der Waals surface area contributed by atoms with Crippen molar-refractivity contribution >= 4 is 0 Å². The molecule has 21 heavy (non-hydrogen) atoms. The average molecular weight is 297 g/mol. The Balaban J connectivity index is 2.39. The lowest BCUT2D eigenvalue weighted by Crippen LogP contribution is -2.09. The first-order valence-corrected chi connectivity index (χ1v) is 6.16. The van der Waals surface area contributed by atoms with Crippen molar-refractivity contribution in [2.75, 3.05) is 7.11 Å². The molecule has 0 atom stereocenters. The Morgan fingerprint density at radius 1 is 1.05 bits per heavy atom. The van der Waals surface area contributed by atoms with Crippen LogP contribution >= 0.6 is 0 Å². The monoisotopic (exact) mass is 297 g/mol. The van der Waals surface area contributed by atoms with Crippen molar-refractivity contribution in [3.63, 3.8) is 0 Å². The van der Waals surface area contributed by atoms with Crippen molar-refractivity contribution in [3.05, 3.63) is 53.6 Å². The van der Waals surface area contributed by atoms with Gasteiger partial charge in [-0.15, -0.1) is 0 Å². The van der Waals surface area contributed by atoms with E-state index in [9.17, 15) is 13.2 Å². The second kappa shape index (κ2) is 6.05. The molecule has 0 amide bonds. The summed E-state index contributed by atoms with van der Waals surface area (Å²) in [6.07, 6.45) is -4.51. The number of halogens is 3. The van der Waals surface area contributed by atoms with Crippen molar-refractivity contribution < 1.29 is 22.6 Å². The van der Waals surface area contributed by atoms with Crippen LogP contribution in [-0.4, -0.2) is 7.11 Å². The van der Waals surface area contributed by atoms with E-state index in [-0.39, 0.29) is 18.0 Å². The first-order valence-electron chi connectivity index (χ1n) is 6.16. The highest BCUT2D eigenvalue weighted by Gasteiger charge is 2.34. The smallest absolute Gasteiger partial charge is 0.419 e. The Labute approximate surface area is 120 Å². The lowest BCUT2D eigenvalue weighted by atomic mass is 10.1. The highest BCUT2D eigenvalue weighted by Crippen LogP contribution is 2.39. The van der Waals surface area contributed by atoms with Crippen LogP contribution in [0.3, 0.4) is 0 Å². The predicted molar refractivity (Wildman–Crippen MR) is 72.4 cm³/mol. The van der Waals surface area contributed by atoms with Gasteiger partial charge in [0.05, 0.1) is 12.7 Å². The fourth-order valence-corrected chi connectivity index (χ4v) is 1.81. The SMILES string of the molecule is COc1cccc(Oc2ccc(CN)cc2C(F)(F)F)c1. The van der Waals surface area contributed by atoms with Gasteiger partial charge < -0.3 is 15.2 Å². The molecule has 0 bridgehead atoms. The normalized spacial score (nSPS) is 11.3. The van der Waals surface area contributed by atoms with E-state index in [2.05, 4.69) is 0 Å². The highest BCUT2D eigenvalue weighted by molar-refractivity contribution is 5.43. The molecule has 0 radical (unpaired) electrons. The molecule has 0 aliphatic rings. The maximum Gasteiger partial charge on any atom is 0.419 e. The van der Waals surface area contributed by atoms with E-state index in [1.54, 1.807) is 18.2 Å². The minimum atomic E-state index is -4.51. The van der Waals surface area contributed by atoms with E-state index in [0.717, 1.165) is 6.07 Å². The number of benzene rings is 2. The Morgan fingerprint density at radius 3 is 2.38 bits per heavy atom. The van der Waals surface area contributed by atoms with Crippen molar-refractivity contribution in [1.82, 2.24) is 0 Å². The first-order chi connectivity index (χ1) is 9.94. The number of rotatable bonds is 4. The highest BCUT2D eigenvalue weighted by atomic mass is 19.4.